The molecule has 2 N–H and O–H groups in total. The van der Waals surface area contributed by atoms with Gasteiger partial charge >= 0.3 is 6.18 Å². The third-order valence-electron chi connectivity index (χ3n) is 2.70. The number of hydrogen-bond donors (Lipinski definition) is 1. The highest BCUT2D eigenvalue weighted by atomic mass is 19.4. The normalized spacial score (nSPS) is 11.7. The van der Waals surface area contributed by atoms with E-state index in [1.807, 2.05) is 26.0 Å². The minimum atomic E-state index is -4.27. The first-order valence-electron chi connectivity index (χ1n) is 6.41. The van der Waals surface area contributed by atoms with Crippen molar-refractivity contribution in [3.63, 3.8) is 0 Å². The number of hydrogen-bond acceptors (Lipinski definition) is 3. The van der Waals surface area contributed by atoms with E-state index < -0.39 is 12.8 Å². The van der Waals surface area contributed by atoms with Gasteiger partial charge in [-0.1, -0.05) is 12.1 Å². The summed E-state index contributed by atoms with van der Waals surface area (Å²) in [4.78, 5) is 0. The fourth-order valence-corrected chi connectivity index (χ4v) is 1.91. The number of ether oxygens (including phenoxy) is 2. The molecule has 0 saturated heterocycles. The molecule has 0 atom stereocenters. The van der Waals surface area contributed by atoms with E-state index in [1.165, 1.54) is 0 Å². The van der Waals surface area contributed by atoms with Crippen LogP contribution in [0.15, 0.2) is 12.1 Å². The number of aryl methyl sites for hydroxylation is 2. The molecule has 0 aliphatic heterocycles. The van der Waals surface area contributed by atoms with Crippen LogP contribution in [0.5, 0.6) is 5.75 Å². The van der Waals surface area contributed by atoms with Crippen molar-refractivity contribution < 1.29 is 22.6 Å². The Hall–Kier alpha value is -1.27. The number of halogens is 3. The molecule has 1 aromatic rings. The number of alkyl halides is 3. The fraction of sp³-hybridized carbons (Fsp3) is 0.571. The topological polar surface area (TPSA) is 44.5 Å². The predicted molar refractivity (Wildman–Crippen MR) is 70.8 cm³/mol. The van der Waals surface area contributed by atoms with Gasteiger partial charge < -0.3 is 15.2 Å². The maximum atomic E-state index is 11.8. The molecule has 1 rings (SSSR count). The van der Waals surface area contributed by atoms with Gasteiger partial charge in [0.25, 0.3) is 0 Å². The lowest BCUT2D eigenvalue weighted by Crippen LogP contribution is -2.18. The number of rotatable bonds is 7. The highest BCUT2D eigenvalue weighted by molar-refractivity contribution is 5.43. The average Bonchev–Trinajstić information content (AvgIpc) is 2.34. The van der Waals surface area contributed by atoms with Crippen LogP contribution in [0.25, 0.3) is 0 Å². The van der Waals surface area contributed by atoms with Gasteiger partial charge in [0.05, 0.1) is 13.2 Å². The molecule has 0 radical (unpaired) electrons. The second-order valence-corrected chi connectivity index (χ2v) is 4.63. The van der Waals surface area contributed by atoms with Crippen molar-refractivity contribution in [3.8, 4) is 5.75 Å². The van der Waals surface area contributed by atoms with Gasteiger partial charge in [0.15, 0.2) is 0 Å². The molecule has 0 saturated carbocycles. The molecule has 0 spiro atoms. The predicted octanol–water partition coefficient (Wildman–Crippen LogP) is 3.11. The smallest absolute Gasteiger partial charge is 0.411 e. The Bertz CT molecular complexity index is 410. The molecule has 114 valence electrons. The van der Waals surface area contributed by atoms with Crippen LogP contribution in [0, 0.1) is 13.8 Å². The fourth-order valence-electron chi connectivity index (χ4n) is 1.91. The van der Waals surface area contributed by atoms with Crippen LogP contribution in [0.3, 0.4) is 0 Å². The van der Waals surface area contributed by atoms with Crippen molar-refractivity contribution >= 4 is 0 Å². The van der Waals surface area contributed by atoms with Gasteiger partial charge in [-0.05, 0) is 30.5 Å². The molecule has 0 aliphatic carbocycles. The SMILES string of the molecule is Cc1cc(CN)cc(C)c1OCCCOCC(F)(F)F. The van der Waals surface area contributed by atoms with E-state index in [0.717, 1.165) is 22.4 Å². The van der Waals surface area contributed by atoms with Crippen LogP contribution in [0.2, 0.25) is 0 Å². The summed E-state index contributed by atoms with van der Waals surface area (Å²) in [5.74, 6) is 0.762. The molecule has 0 fully saturated rings. The standard InChI is InChI=1S/C14H20F3NO2/c1-10-6-12(8-18)7-11(2)13(10)20-5-3-4-19-9-14(15,16)17/h6-7H,3-5,8-9,18H2,1-2H3. The average molecular weight is 291 g/mol. The molecular formula is C14H20F3NO2. The van der Waals surface area contributed by atoms with Gasteiger partial charge in [-0.15, -0.1) is 0 Å². The Balaban J connectivity index is 2.36. The summed E-state index contributed by atoms with van der Waals surface area (Å²) in [7, 11) is 0. The van der Waals surface area contributed by atoms with Crippen molar-refractivity contribution in [1.82, 2.24) is 0 Å². The second-order valence-electron chi connectivity index (χ2n) is 4.63. The summed E-state index contributed by atoms with van der Waals surface area (Å²) in [5.41, 5.74) is 8.55. The highest BCUT2D eigenvalue weighted by Gasteiger charge is 2.27. The largest absolute Gasteiger partial charge is 0.493 e. The Labute approximate surface area is 116 Å². The molecule has 0 aliphatic rings. The van der Waals surface area contributed by atoms with Crippen LogP contribution >= 0.6 is 0 Å². The van der Waals surface area contributed by atoms with E-state index in [-0.39, 0.29) is 6.61 Å². The van der Waals surface area contributed by atoms with Crippen molar-refractivity contribution in [2.24, 2.45) is 5.73 Å². The van der Waals surface area contributed by atoms with E-state index >= 15 is 0 Å². The summed E-state index contributed by atoms with van der Waals surface area (Å²) in [6, 6.07) is 3.89. The zero-order valence-electron chi connectivity index (χ0n) is 11.7. The third-order valence-corrected chi connectivity index (χ3v) is 2.70. The first-order valence-corrected chi connectivity index (χ1v) is 6.41. The van der Waals surface area contributed by atoms with Gasteiger partial charge in [-0.3, -0.25) is 0 Å². The molecule has 3 nitrogen and oxygen atoms in total. The van der Waals surface area contributed by atoms with Crippen molar-refractivity contribution in [2.75, 3.05) is 19.8 Å². The molecule has 0 bridgehead atoms. The van der Waals surface area contributed by atoms with Crippen molar-refractivity contribution in [3.05, 3.63) is 28.8 Å². The monoisotopic (exact) mass is 291 g/mol. The van der Waals surface area contributed by atoms with Crippen LogP contribution in [0.4, 0.5) is 13.2 Å². The number of benzene rings is 1. The lowest BCUT2D eigenvalue weighted by molar-refractivity contribution is -0.174. The van der Waals surface area contributed by atoms with Crippen LogP contribution in [-0.2, 0) is 11.3 Å². The van der Waals surface area contributed by atoms with Gasteiger partial charge in [0, 0.05) is 13.0 Å². The maximum absolute atomic E-state index is 11.8. The molecule has 0 aromatic heterocycles. The molecule has 20 heavy (non-hydrogen) atoms. The van der Waals surface area contributed by atoms with Crippen molar-refractivity contribution in [1.29, 1.82) is 0 Å². The summed E-state index contributed by atoms with van der Waals surface area (Å²) in [6.45, 7) is 3.44. The van der Waals surface area contributed by atoms with Crippen LogP contribution in [-0.4, -0.2) is 26.0 Å². The lowest BCUT2D eigenvalue weighted by Gasteiger charge is -2.14. The van der Waals surface area contributed by atoms with E-state index in [4.69, 9.17) is 10.5 Å². The maximum Gasteiger partial charge on any atom is 0.411 e. The van der Waals surface area contributed by atoms with Gasteiger partial charge in [0.1, 0.15) is 12.4 Å². The molecule has 6 heteroatoms. The minimum Gasteiger partial charge on any atom is -0.493 e. The Morgan fingerprint density at radius 1 is 1.10 bits per heavy atom. The summed E-state index contributed by atoms with van der Waals surface area (Å²) >= 11 is 0. The van der Waals surface area contributed by atoms with Crippen LogP contribution in [0.1, 0.15) is 23.1 Å². The Morgan fingerprint density at radius 2 is 1.70 bits per heavy atom. The van der Waals surface area contributed by atoms with Crippen LogP contribution < -0.4 is 10.5 Å². The molecule has 1 aromatic carbocycles. The minimum absolute atomic E-state index is 0.0263. The summed E-state index contributed by atoms with van der Waals surface area (Å²) < 4.78 is 45.6. The molecule has 0 heterocycles. The third kappa shape index (κ3) is 5.79. The van der Waals surface area contributed by atoms with Crippen molar-refractivity contribution in [2.45, 2.75) is 33.0 Å². The van der Waals surface area contributed by atoms with E-state index in [1.54, 1.807) is 0 Å². The second kappa shape index (κ2) is 7.50. The Morgan fingerprint density at radius 3 is 2.20 bits per heavy atom. The first-order chi connectivity index (χ1) is 9.33. The summed E-state index contributed by atoms with van der Waals surface area (Å²) in [5, 5.41) is 0. The zero-order valence-corrected chi connectivity index (χ0v) is 11.7. The van der Waals surface area contributed by atoms with E-state index in [0.29, 0.717) is 19.6 Å². The van der Waals surface area contributed by atoms with E-state index in [9.17, 15) is 13.2 Å². The molecule has 0 amide bonds. The van der Waals surface area contributed by atoms with E-state index in [2.05, 4.69) is 4.74 Å². The highest BCUT2D eigenvalue weighted by Crippen LogP contribution is 2.24. The quantitative estimate of drug-likeness (QED) is 0.785. The number of nitrogens with two attached hydrogens (primary N) is 1. The lowest BCUT2D eigenvalue weighted by atomic mass is 10.1. The van der Waals surface area contributed by atoms with Gasteiger partial charge in [-0.25, -0.2) is 0 Å². The first kappa shape index (κ1) is 16.8. The summed E-state index contributed by atoms with van der Waals surface area (Å²) in [6.07, 6.45) is -3.86. The zero-order chi connectivity index (χ0) is 15.2. The van der Waals surface area contributed by atoms with Gasteiger partial charge in [0.2, 0.25) is 0 Å². The Kier molecular flexibility index (Phi) is 6.29. The molecule has 0 unspecified atom stereocenters. The molecular weight excluding hydrogens is 271 g/mol. The van der Waals surface area contributed by atoms with Gasteiger partial charge in [-0.2, -0.15) is 13.2 Å².